The van der Waals surface area contributed by atoms with Crippen molar-refractivity contribution in [3.8, 4) is 11.4 Å². The van der Waals surface area contributed by atoms with E-state index in [1.165, 1.54) is 0 Å². The van der Waals surface area contributed by atoms with Gasteiger partial charge in [0.2, 0.25) is 11.8 Å². The van der Waals surface area contributed by atoms with Crippen molar-refractivity contribution in [2.24, 2.45) is 5.92 Å². The molecule has 31 heavy (non-hydrogen) atoms. The standard InChI is InChI=1S/C24H24ClN3O3/c1-15-8-9-16(2)28(15)22-13-18(31-3)10-11-20(22)26-24(30)17-12-23(29)27(14-17)21-7-5-4-6-19(21)25/h4-11,13,17H,12,14H2,1-3H3,(H,26,30)/t17-/m1/s1. The van der Waals surface area contributed by atoms with E-state index in [2.05, 4.69) is 9.88 Å². The van der Waals surface area contributed by atoms with Gasteiger partial charge in [0.25, 0.3) is 0 Å². The third kappa shape index (κ3) is 4.03. The van der Waals surface area contributed by atoms with Crippen molar-refractivity contribution < 1.29 is 14.3 Å². The van der Waals surface area contributed by atoms with Gasteiger partial charge in [0, 0.05) is 30.4 Å². The summed E-state index contributed by atoms with van der Waals surface area (Å²) >= 11 is 6.25. The second-order valence-corrected chi connectivity index (χ2v) is 8.09. The molecule has 1 saturated heterocycles. The number of carbonyl (C=O) groups excluding carboxylic acids is 2. The Morgan fingerprint density at radius 2 is 1.77 bits per heavy atom. The van der Waals surface area contributed by atoms with E-state index in [0.29, 0.717) is 28.7 Å². The van der Waals surface area contributed by atoms with Crippen LogP contribution in [-0.2, 0) is 9.59 Å². The van der Waals surface area contributed by atoms with Crippen LogP contribution in [0.15, 0.2) is 54.6 Å². The van der Waals surface area contributed by atoms with Crippen molar-refractivity contribution >= 4 is 34.8 Å². The minimum absolute atomic E-state index is 0.111. The highest BCUT2D eigenvalue weighted by Crippen LogP contribution is 2.33. The van der Waals surface area contributed by atoms with Gasteiger partial charge in [0.05, 0.1) is 35.1 Å². The first-order valence-corrected chi connectivity index (χ1v) is 10.5. The molecule has 1 aliphatic rings. The molecule has 1 atom stereocenters. The van der Waals surface area contributed by atoms with Crippen LogP contribution in [0, 0.1) is 19.8 Å². The number of aryl methyl sites for hydroxylation is 2. The van der Waals surface area contributed by atoms with Crippen LogP contribution in [0.2, 0.25) is 5.02 Å². The van der Waals surface area contributed by atoms with Gasteiger partial charge in [0.15, 0.2) is 0 Å². The highest BCUT2D eigenvalue weighted by atomic mass is 35.5. The molecule has 0 bridgehead atoms. The molecule has 2 aromatic carbocycles. The number of nitrogens with zero attached hydrogens (tertiary/aromatic N) is 2. The molecule has 1 N–H and O–H groups in total. The summed E-state index contributed by atoms with van der Waals surface area (Å²) in [6.45, 7) is 4.31. The Labute approximate surface area is 186 Å². The molecule has 1 fully saturated rings. The maximum atomic E-state index is 13.1. The molecule has 0 unspecified atom stereocenters. The first-order chi connectivity index (χ1) is 14.9. The van der Waals surface area contributed by atoms with Crippen LogP contribution in [0.5, 0.6) is 5.75 Å². The third-order valence-electron chi connectivity index (χ3n) is 5.61. The minimum atomic E-state index is -0.467. The number of halogens is 1. The molecule has 0 saturated carbocycles. The largest absolute Gasteiger partial charge is 0.497 e. The first kappa shape index (κ1) is 21.0. The van der Waals surface area contributed by atoms with E-state index in [9.17, 15) is 9.59 Å². The lowest BCUT2D eigenvalue weighted by Crippen LogP contribution is -2.28. The van der Waals surface area contributed by atoms with Crippen LogP contribution in [0.4, 0.5) is 11.4 Å². The second-order valence-electron chi connectivity index (χ2n) is 7.68. The van der Waals surface area contributed by atoms with E-state index in [-0.39, 0.29) is 18.2 Å². The second kappa shape index (κ2) is 8.47. The highest BCUT2D eigenvalue weighted by molar-refractivity contribution is 6.33. The molecule has 0 radical (unpaired) electrons. The Balaban J connectivity index is 1.60. The van der Waals surface area contributed by atoms with E-state index in [0.717, 1.165) is 17.1 Å². The van der Waals surface area contributed by atoms with Crippen LogP contribution >= 0.6 is 11.6 Å². The lowest BCUT2D eigenvalue weighted by atomic mass is 10.1. The number of carbonyl (C=O) groups is 2. The van der Waals surface area contributed by atoms with Crippen molar-refractivity contribution in [1.82, 2.24) is 4.57 Å². The van der Waals surface area contributed by atoms with Gasteiger partial charge < -0.3 is 19.5 Å². The number of ether oxygens (including phenoxy) is 1. The summed E-state index contributed by atoms with van der Waals surface area (Å²) in [7, 11) is 1.61. The molecule has 0 spiro atoms. The fourth-order valence-corrected chi connectivity index (χ4v) is 4.24. The molecule has 160 valence electrons. The van der Waals surface area contributed by atoms with Crippen LogP contribution in [-0.4, -0.2) is 30.0 Å². The predicted octanol–water partition coefficient (Wildman–Crippen LogP) is 4.75. The Hall–Kier alpha value is -3.25. The number of para-hydroxylation sites is 1. The molecule has 4 rings (SSSR count). The lowest BCUT2D eigenvalue weighted by Gasteiger charge is -2.19. The summed E-state index contributed by atoms with van der Waals surface area (Å²) in [4.78, 5) is 27.3. The maximum Gasteiger partial charge on any atom is 0.229 e. The van der Waals surface area contributed by atoms with Crippen LogP contribution < -0.4 is 15.0 Å². The van der Waals surface area contributed by atoms with Crippen molar-refractivity contribution in [1.29, 1.82) is 0 Å². The van der Waals surface area contributed by atoms with Crippen molar-refractivity contribution in [3.63, 3.8) is 0 Å². The monoisotopic (exact) mass is 437 g/mol. The Morgan fingerprint density at radius 1 is 1.06 bits per heavy atom. The minimum Gasteiger partial charge on any atom is -0.497 e. The summed E-state index contributed by atoms with van der Waals surface area (Å²) in [5.74, 6) is -0.0795. The number of hydrogen-bond donors (Lipinski definition) is 1. The Morgan fingerprint density at radius 3 is 2.45 bits per heavy atom. The number of anilines is 2. The van der Waals surface area contributed by atoms with Crippen LogP contribution in [0.25, 0.3) is 5.69 Å². The van der Waals surface area contributed by atoms with Gasteiger partial charge in [0.1, 0.15) is 5.75 Å². The van der Waals surface area contributed by atoms with Gasteiger partial charge in [-0.25, -0.2) is 0 Å². The Kier molecular flexibility index (Phi) is 5.74. The molecule has 1 aliphatic heterocycles. The number of amides is 2. The van der Waals surface area contributed by atoms with E-state index < -0.39 is 5.92 Å². The lowest BCUT2D eigenvalue weighted by molar-refractivity contribution is -0.122. The fraction of sp³-hybridized carbons (Fsp3) is 0.250. The number of benzene rings is 2. The zero-order valence-electron chi connectivity index (χ0n) is 17.7. The summed E-state index contributed by atoms with van der Waals surface area (Å²) in [6, 6.07) is 16.8. The molecule has 1 aromatic heterocycles. The number of aromatic nitrogens is 1. The van der Waals surface area contributed by atoms with E-state index in [1.54, 1.807) is 24.1 Å². The zero-order chi connectivity index (χ0) is 22.1. The molecule has 6 nitrogen and oxygen atoms in total. The Bertz CT molecular complexity index is 1140. The zero-order valence-corrected chi connectivity index (χ0v) is 18.4. The van der Waals surface area contributed by atoms with Gasteiger partial charge in [-0.15, -0.1) is 0 Å². The topological polar surface area (TPSA) is 63.6 Å². The van der Waals surface area contributed by atoms with Crippen molar-refractivity contribution in [2.45, 2.75) is 20.3 Å². The SMILES string of the molecule is COc1ccc(NC(=O)[C@@H]2CC(=O)N(c3ccccc3Cl)C2)c(-n2c(C)ccc2C)c1. The third-order valence-corrected chi connectivity index (χ3v) is 5.93. The molecule has 7 heteroatoms. The van der Waals surface area contributed by atoms with Gasteiger partial charge in [-0.3, -0.25) is 9.59 Å². The number of methoxy groups -OCH3 is 1. The molecule has 0 aliphatic carbocycles. The number of hydrogen-bond acceptors (Lipinski definition) is 3. The maximum absolute atomic E-state index is 13.1. The van der Waals surface area contributed by atoms with Crippen LogP contribution in [0.3, 0.4) is 0 Å². The molecular weight excluding hydrogens is 414 g/mol. The van der Waals surface area contributed by atoms with E-state index in [4.69, 9.17) is 16.3 Å². The molecule has 2 heterocycles. The van der Waals surface area contributed by atoms with Crippen molar-refractivity contribution in [2.75, 3.05) is 23.9 Å². The smallest absolute Gasteiger partial charge is 0.229 e. The van der Waals surface area contributed by atoms with Crippen LogP contribution in [0.1, 0.15) is 17.8 Å². The average molecular weight is 438 g/mol. The normalized spacial score (nSPS) is 15.9. The number of rotatable bonds is 5. The van der Waals surface area contributed by atoms with Gasteiger partial charge in [-0.2, -0.15) is 0 Å². The quantitative estimate of drug-likeness (QED) is 0.626. The van der Waals surface area contributed by atoms with Gasteiger partial charge in [-0.05, 0) is 50.2 Å². The summed E-state index contributed by atoms with van der Waals surface area (Å²) < 4.78 is 7.45. The average Bonchev–Trinajstić information content (AvgIpc) is 3.30. The van der Waals surface area contributed by atoms with E-state index in [1.807, 2.05) is 56.3 Å². The van der Waals surface area contributed by atoms with Gasteiger partial charge >= 0.3 is 0 Å². The number of nitrogens with one attached hydrogen (secondary N) is 1. The van der Waals surface area contributed by atoms with E-state index >= 15 is 0 Å². The molecule has 2 amide bonds. The fourth-order valence-electron chi connectivity index (χ4n) is 4.00. The summed E-state index contributed by atoms with van der Waals surface area (Å²) in [6.07, 6.45) is 0.143. The molecule has 3 aromatic rings. The summed E-state index contributed by atoms with van der Waals surface area (Å²) in [5.41, 5.74) is 4.20. The predicted molar refractivity (Wildman–Crippen MR) is 122 cm³/mol. The van der Waals surface area contributed by atoms with Gasteiger partial charge in [-0.1, -0.05) is 23.7 Å². The molecular formula is C24H24ClN3O3. The first-order valence-electron chi connectivity index (χ1n) is 10.1. The van der Waals surface area contributed by atoms with Crippen molar-refractivity contribution in [3.05, 3.63) is 71.0 Å². The summed E-state index contributed by atoms with van der Waals surface area (Å²) in [5, 5.41) is 3.52. The highest BCUT2D eigenvalue weighted by Gasteiger charge is 2.36.